The van der Waals surface area contributed by atoms with Gasteiger partial charge in [-0.05, 0) is 55.5 Å². The molecule has 8 nitrogen and oxygen atoms in total. The standard InChI is InChI=1S/C19H22ClN3O5S/c1-13(22-29(26,27)17-10-4-14(20)5-11-17)19(25)28-12-18(24)21-15-6-8-16(9-7-15)23(2)3/h4-11,13,22H,12H2,1-3H3,(H,21,24)/t13-/m0/s1. The van der Waals surface area contributed by atoms with Gasteiger partial charge in [0.15, 0.2) is 6.61 Å². The number of carbonyl (C=O) groups is 2. The number of anilines is 2. The number of nitrogens with zero attached hydrogens (tertiary/aromatic N) is 1. The molecule has 0 radical (unpaired) electrons. The third-order valence-electron chi connectivity index (χ3n) is 3.82. The zero-order chi connectivity index (χ0) is 21.6. The maximum atomic E-state index is 12.3. The average molecular weight is 440 g/mol. The molecule has 0 unspecified atom stereocenters. The van der Waals surface area contributed by atoms with Crippen LogP contribution in [0.5, 0.6) is 0 Å². The highest BCUT2D eigenvalue weighted by molar-refractivity contribution is 7.89. The Balaban J connectivity index is 1.85. The van der Waals surface area contributed by atoms with E-state index in [2.05, 4.69) is 10.0 Å². The van der Waals surface area contributed by atoms with E-state index < -0.39 is 34.5 Å². The molecule has 0 spiro atoms. The summed E-state index contributed by atoms with van der Waals surface area (Å²) in [6.07, 6.45) is 0. The predicted molar refractivity (Wildman–Crippen MR) is 112 cm³/mol. The van der Waals surface area contributed by atoms with Crippen LogP contribution in [-0.4, -0.2) is 47.0 Å². The van der Waals surface area contributed by atoms with Crippen LogP contribution in [0.4, 0.5) is 11.4 Å². The van der Waals surface area contributed by atoms with Gasteiger partial charge in [0, 0.05) is 30.5 Å². The van der Waals surface area contributed by atoms with Gasteiger partial charge < -0.3 is 15.0 Å². The van der Waals surface area contributed by atoms with Crippen molar-refractivity contribution in [1.82, 2.24) is 4.72 Å². The minimum atomic E-state index is -3.93. The topological polar surface area (TPSA) is 105 Å². The van der Waals surface area contributed by atoms with Crippen molar-refractivity contribution in [3.05, 3.63) is 53.6 Å². The highest BCUT2D eigenvalue weighted by Crippen LogP contribution is 2.16. The van der Waals surface area contributed by atoms with Crippen molar-refractivity contribution >= 4 is 44.9 Å². The third-order valence-corrected chi connectivity index (χ3v) is 5.63. The molecule has 10 heteroatoms. The number of carbonyl (C=O) groups excluding carboxylic acids is 2. The van der Waals surface area contributed by atoms with Gasteiger partial charge in [-0.15, -0.1) is 0 Å². The molecule has 0 fully saturated rings. The number of rotatable bonds is 8. The minimum absolute atomic E-state index is 0.0412. The molecular formula is C19H22ClN3O5S. The molecule has 0 bridgehead atoms. The van der Waals surface area contributed by atoms with E-state index in [9.17, 15) is 18.0 Å². The molecule has 0 aliphatic carbocycles. The molecule has 1 amide bonds. The summed E-state index contributed by atoms with van der Waals surface area (Å²) in [6.45, 7) is 0.787. The van der Waals surface area contributed by atoms with Crippen molar-refractivity contribution in [2.45, 2.75) is 17.9 Å². The number of sulfonamides is 1. The van der Waals surface area contributed by atoms with Crippen LogP contribution in [0.25, 0.3) is 0 Å². The lowest BCUT2D eigenvalue weighted by Gasteiger charge is -2.14. The van der Waals surface area contributed by atoms with Crippen LogP contribution in [0, 0.1) is 0 Å². The number of nitrogens with one attached hydrogen (secondary N) is 2. The number of amides is 1. The van der Waals surface area contributed by atoms with Gasteiger partial charge in [0.2, 0.25) is 10.0 Å². The normalized spacial score (nSPS) is 12.1. The fraction of sp³-hybridized carbons (Fsp3) is 0.263. The Morgan fingerprint density at radius 1 is 1.07 bits per heavy atom. The lowest BCUT2D eigenvalue weighted by atomic mass is 10.2. The monoisotopic (exact) mass is 439 g/mol. The summed E-state index contributed by atoms with van der Waals surface area (Å²) in [6, 6.07) is 11.4. The fourth-order valence-corrected chi connectivity index (χ4v) is 3.58. The Hall–Kier alpha value is -2.62. The Morgan fingerprint density at radius 3 is 2.21 bits per heavy atom. The SMILES string of the molecule is C[C@H](NS(=O)(=O)c1ccc(Cl)cc1)C(=O)OCC(=O)Nc1ccc(N(C)C)cc1. The van der Waals surface area contributed by atoms with Crippen LogP contribution < -0.4 is 14.9 Å². The summed E-state index contributed by atoms with van der Waals surface area (Å²) in [5.41, 5.74) is 1.52. The number of hydrogen-bond acceptors (Lipinski definition) is 6. The van der Waals surface area contributed by atoms with Crippen LogP contribution in [0.3, 0.4) is 0 Å². The maximum Gasteiger partial charge on any atom is 0.324 e. The molecule has 2 N–H and O–H groups in total. The van der Waals surface area contributed by atoms with Gasteiger partial charge in [-0.2, -0.15) is 4.72 Å². The molecule has 0 saturated heterocycles. The Kier molecular flexibility index (Phi) is 7.60. The van der Waals surface area contributed by atoms with Crippen molar-refractivity contribution in [2.24, 2.45) is 0 Å². The number of ether oxygens (including phenoxy) is 1. The summed E-state index contributed by atoms with van der Waals surface area (Å²) in [5, 5.41) is 2.98. The molecule has 0 aliphatic heterocycles. The van der Waals surface area contributed by atoms with E-state index in [0.29, 0.717) is 10.7 Å². The van der Waals surface area contributed by atoms with Gasteiger partial charge >= 0.3 is 5.97 Å². The van der Waals surface area contributed by atoms with E-state index in [1.54, 1.807) is 12.1 Å². The summed E-state index contributed by atoms with van der Waals surface area (Å²) >= 11 is 5.74. The number of benzene rings is 2. The van der Waals surface area contributed by atoms with Crippen LogP contribution >= 0.6 is 11.6 Å². The highest BCUT2D eigenvalue weighted by atomic mass is 35.5. The van der Waals surface area contributed by atoms with Crippen molar-refractivity contribution in [2.75, 3.05) is 30.9 Å². The number of halogens is 1. The van der Waals surface area contributed by atoms with Gasteiger partial charge in [0.05, 0.1) is 4.90 Å². The molecular weight excluding hydrogens is 418 g/mol. The third kappa shape index (κ3) is 6.74. The van der Waals surface area contributed by atoms with Gasteiger partial charge in [-0.1, -0.05) is 11.6 Å². The molecule has 2 aromatic rings. The molecule has 1 atom stereocenters. The number of esters is 1. The van der Waals surface area contributed by atoms with Crippen molar-refractivity contribution in [1.29, 1.82) is 0 Å². The van der Waals surface area contributed by atoms with E-state index in [1.807, 2.05) is 31.1 Å². The molecule has 0 aliphatic rings. The quantitative estimate of drug-likeness (QED) is 0.611. The van der Waals surface area contributed by atoms with E-state index >= 15 is 0 Å². The smallest absolute Gasteiger partial charge is 0.324 e. The van der Waals surface area contributed by atoms with Crippen molar-refractivity contribution in [3.63, 3.8) is 0 Å². The van der Waals surface area contributed by atoms with E-state index in [0.717, 1.165) is 5.69 Å². The Labute approximate surface area is 174 Å². The first-order valence-corrected chi connectivity index (χ1v) is 10.5. The van der Waals surface area contributed by atoms with Crippen LogP contribution in [-0.2, 0) is 24.3 Å². The number of hydrogen-bond donors (Lipinski definition) is 2. The van der Waals surface area contributed by atoms with Gasteiger partial charge in [-0.25, -0.2) is 8.42 Å². The van der Waals surface area contributed by atoms with E-state index in [1.165, 1.54) is 31.2 Å². The summed E-state index contributed by atoms with van der Waals surface area (Å²) < 4.78 is 31.6. The summed E-state index contributed by atoms with van der Waals surface area (Å²) in [4.78, 5) is 25.8. The van der Waals surface area contributed by atoms with Crippen molar-refractivity contribution < 1.29 is 22.7 Å². The first-order chi connectivity index (χ1) is 13.6. The second-order valence-electron chi connectivity index (χ2n) is 6.39. The second kappa shape index (κ2) is 9.73. The molecule has 29 heavy (non-hydrogen) atoms. The molecule has 156 valence electrons. The zero-order valence-electron chi connectivity index (χ0n) is 16.2. The highest BCUT2D eigenvalue weighted by Gasteiger charge is 2.23. The van der Waals surface area contributed by atoms with Gasteiger partial charge in [0.25, 0.3) is 5.91 Å². The Morgan fingerprint density at radius 2 is 1.66 bits per heavy atom. The summed E-state index contributed by atoms with van der Waals surface area (Å²) in [7, 11) is -0.137. The van der Waals surface area contributed by atoms with E-state index in [-0.39, 0.29) is 4.90 Å². The molecule has 2 aromatic carbocycles. The first-order valence-electron chi connectivity index (χ1n) is 8.60. The molecule has 2 rings (SSSR count). The zero-order valence-corrected chi connectivity index (χ0v) is 17.8. The van der Waals surface area contributed by atoms with Gasteiger partial charge in [0.1, 0.15) is 6.04 Å². The Bertz CT molecular complexity index is 960. The van der Waals surface area contributed by atoms with Crippen molar-refractivity contribution in [3.8, 4) is 0 Å². The van der Waals surface area contributed by atoms with Gasteiger partial charge in [-0.3, -0.25) is 9.59 Å². The fourth-order valence-electron chi connectivity index (χ4n) is 2.26. The van der Waals surface area contributed by atoms with Crippen LogP contribution in [0.2, 0.25) is 5.02 Å². The molecule has 0 heterocycles. The van der Waals surface area contributed by atoms with Crippen LogP contribution in [0.15, 0.2) is 53.4 Å². The second-order valence-corrected chi connectivity index (χ2v) is 8.54. The summed E-state index contributed by atoms with van der Waals surface area (Å²) in [5.74, 6) is -1.41. The van der Waals surface area contributed by atoms with Crippen LogP contribution in [0.1, 0.15) is 6.92 Å². The lowest BCUT2D eigenvalue weighted by molar-refractivity contribution is -0.148. The predicted octanol–water partition coefficient (Wildman–Crippen LogP) is 2.25. The minimum Gasteiger partial charge on any atom is -0.454 e. The maximum absolute atomic E-state index is 12.3. The molecule has 0 aromatic heterocycles. The lowest BCUT2D eigenvalue weighted by Crippen LogP contribution is -2.40. The van der Waals surface area contributed by atoms with E-state index in [4.69, 9.17) is 16.3 Å². The first kappa shape index (κ1) is 22.7. The molecule has 0 saturated carbocycles. The average Bonchev–Trinajstić information content (AvgIpc) is 2.66. The largest absolute Gasteiger partial charge is 0.454 e.